The van der Waals surface area contributed by atoms with Gasteiger partial charge in [0.2, 0.25) is 11.8 Å². The summed E-state index contributed by atoms with van der Waals surface area (Å²) in [5, 5.41) is 2.99. The Balaban J connectivity index is 1.27. The van der Waals surface area contributed by atoms with Crippen LogP contribution in [0.1, 0.15) is 17.0 Å². The molecule has 1 N–H and O–H groups in total. The normalized spacial score (nSPS) is 17.0. The molecule has 6 nitrogen and oxygen atoms in total. The van der Waals surface area contributed by atoms with Crippen molar-refractivity contribution in [1.82, 2.24) is 15.2 Å². The van der Waals surface area contributed by atoms with Crippen molar-refractivity contribution in [1.29, 1.82) is 0 Å². The topological polar surface area (TPSA) is 67.6 Å². The molecule has 1 saturated heterocycles. The van der Waals surface area contributed by atoms with E-state index in [1.165, 1.54) is 5.56 Å². The minimum Gasteiger partial charge on any atom is -0.441 e. The molecule has 2 aromatic carbocycles. The van der Waals surface area contributed by atoms with Crippen molar-refractivity contribution >= 4 is 5.91 Å². The van der Waals surface area contributed by atoms with E-state index in [2.05, 4.69) is 39.5 Å². The van der Waals surface area contributed by atoms with Gasteiger partial charge in [0.1, 0.15) is 5.76 Å². The van der Waals surface area contributed by atoms with Gasteiger partial charge in [0, 0.05) is 31.7 Å². The third kappa shape index (κ3) is 5.34. The first-order valence-corrected chi connectivity index (χ1v) is 10.3. The molecule has 1 aliphatic heterocycles. The predicted octanol–water partition coefficient (Wildman–Crippen LogP) is 3.21. The standard InChI is InChI=1S/C24H27N3O3/c1-18-22(26-24(30-18)20-10-6-3-7-11-20)14-23(28)25-15-21-17-27(12-13-29-21)16-19-8-4-2-5-9-19/h2-11,21H,12-17H2,1H3,(H,25,28)/t21-/m0/s1. The number of oxazole rings is 1. The number of hydrogen-bond acceptors (Lipinski definition) is 5. The molecule has 2 heterocycles. The lowest BCUT2D eigenvalue weighted by atomic mass is 10.2. The zero-order chi connectivity index (χ0) is 20.8. The third-order valence-electron chi connectivity index (χ3n) is 5.24. The number of carbonyl (C=O) groups excluding carboxylic acids is 1. The number of nitrogens with one attached hydrogen (secondary N) is 1. The zero-order valence-electron chi connectivity index (χ0n) is 17.2. The minimum atomic E-state index is -0.0743. The van der Waals surface area contributed by atoms with Crippen molar-refractivity contribution in [3.63, 3.8) is 0 Å². The zero-order valence-corrected chi connectivity index (χ0v) is 17.2. The fraction of sp³-hybridized carbons (Fsp3) is 0.333. The van der Waals surface area contributed by atoms with Gasteiger partial charge in [-0.1, -0.05) is 48.5 Å². The van der Waals surface area contributed by atoms with Crippen molar-refractivity contribution in [2.45, 2.75) is 26.0 Å². The SMILES string of the molecule is Cc1oc(-c2ccccc2)nc1CC(=O)NC[C@H]1CN(Cc2ccccc2)CCO1. The number of aryl methyl sites for hydroxylation is 1. The summed E-state index contributed by atoms with van der Waals surface area (Å²) < 4.78 is 11.6. The van der Waals surface area contributed by atoms with Gasteiger partial charge in [-0.2, -0.15) is 0 Å². The van der Waals surface area contributed by atoms with Gasteiger partial charge in [-0.05, 0) is 24.6 Å². The summed E-state index contributed by atoms with van der Waals surface area (Å²) in [7, 11) is 0. The molecule has 1 amide bonds. The second-order valence-electron chi connectivity index (χ2n) is 7.58. The fourth-order valence-electron chi connectivity index (χ4n) is 3.63. The molecule has 0 bridgehead atoms. The molecular weight excluding hydrogens is 378 g/mol. The van der Waals surface area contributed by atoms with Gasteiger partial charge in [0.05, 0.1) is 24.8 Å². The van der Waals surface area contributed by atoms with Crippen LogP contribution in [0.3, 0.4) is 0 Å². The Morgan fingerprint density at radius 3 is 2.63 bits per heavy atom. The summed E-state index contributed by atoms with van der Waals surface area (Å²) in [6, 6.07) is 20.1. The third-order valence-corrected chi connectivity index (χ3v) is 5.24. The molecule has 0 saturated carbocycles. The average molecular weight is 405 g/mol. The smallest absolute Gasteiger partial charge is 0.226 e. The minimum absolute atomic E-state index is 0.00954. The number of ether oxygens (including phenoxy) is 1. The van der Waals surface area contributed by atoms with Crippen LogP contribution in [0, 0.1) is 6.92 Å². The Kier molecular flexibility index (Phi) is 6.57. The highest BCUT2D eigenvalue weighted by Gasteiger charge is 2.22. The highest BCUT2D eigenvalue weighted by Crippen LogP contribution is 2.21. The molecule has 3 aromatic rings. The van der Waals surface area contributed by atoms with E-state index in [4.69, 9.17) is 9.15 Å². The molecule has 0 radical (unpaired) electrons. The Morgan fingerprint density at radius 2 is 1.87 bits per heavy atom. The number of amides is 1. The summed E-state index contributed by atoms with van der Waals surface area (Å²) in [6.45, 7) is 5.61. The van der Waals surface area contributed by atoms with E-state index in [9.17, 15) is 4.79 Å². The Morgan fingerprint density at radius 1 is 1.13 bits per heavy atom. The maximum Gasteiger partial charge on any atom is 0.226 e. The highest BCUT2D eigenvalue weighted by atomic mass is 16.5. The molecule has 30 heavy (non-hydrogen) atoms. The number of nitrogens with zero attached hydrogens (tertiary/aromatic N) is 2. The maximum atomic E-state index is 12.5. The highest BCUT2D eigenvalue weighted by molar-refractivity contribution is 5.78. The molecule has 6 heteroatoms. The van der Waals surface area contributed by atoms with Gasteiger partial charge in [-0.15, -0.1) is 0 Å². The lowest BCUT2D eigenvalue weighted by Gasteiger charge is -2.33. The van der Waals surface area contributed by atoms with E-state index in [-0.39, 0.29) is 18.4 Å². The number of hydrogen-bond donors (Lipinski definition) is 1. The summed E-state index contributed by atoms with van der Waals surface area (Å²) in [6.07, 6.45) is 0.188. The van der Waals surface area contributed by atoms with Gasteiger partial charge in [-0.3, -0.25) is 9.69 Å². The van der Waals surface area contributed by atoms with Gasteiger partial charge >= 0.3 is 0 Å². The first kappa shape index (κ1) is 20.3. The van der Waals surface area contributed by atoms with Crippen LogP contribution in [0.15, 0.2) is 65.1 Å². The second kappa shape index (κ2) is 9.69. The molecule has 1 aliphatic rings. The first-order chi connectivity index (χ1) is 14.7. The number of benzene rings is 2. The number of aromatic nitrogens is 1. The van der Waals surface area contributed by atoms with Crippen LogP contribution in [0.2, 0.25) is 0 Å². The molecule has 0 aliphatic carbocycles. The fourth-order valence-corrected chi connectivity index (χ4v) is 3.63. The molecule has 1 fully saturated rings. The van der Waals surface area contributed by atoms with Crippen LogP contribution in [0.25, 0.3) is 11.5 Å². The Bertz CT molecular complexity index is 956. The van der Waals surface area contributed by atoms with Crippen LogP contribution < -0.4 is 5.32 Å². The van der Waals surface area contributed by atoms with Crippen molar-refractivity contribution in [2.24, 2.45) is 0 Å². The quantitative estimate of drug-likeness (QED) is 0.654. The van der Waals surface area contributed by atoms with E-state index >= 15 is 0 Å². The van der Waals surface area contributed by atoms with Crippen LogP contribution in [0.5, 0.6) is 0 Å². The van der Waals surface area contributed by atoms with E-state index in [0.29, 0.717) is 30.5 Å². The monoisotopic (exact) mass is 405 g/mol. The van der Waals surface area contributed by atoms with Crippen molar-refractivity contribution in [3.05, 3.63) is 77.7 Å². The second-order valence-corrected chi connectivity index (χ2v) is 7.58. The molecule has 1 aromatic heterocycles. The molecule has 0 unspecified atom stereocenters. The van der Waals surface area contributed by atoms with E-state index in [1.54, 1.807) is 0 Å². The van der Waals surface area contributed by atoms with Crippen LogP contribution >= 0.6 is 0 Å². The predicted molar refractivity (Wildman–Crippen MR) is 115 cm³/mol. The lowest BCUT2D eigenvalue weighted by molar-refractivity contribution is -0.121. The Labute approximate surface area is 176 Å². The summed E-state index contributed by atoms with van der Waals surface area (Å²) >= 11 is 0. The molecule has 1 atom stereocenters. The van der Waals surface area contributed by atoms with E-state index in [0.717, 1.165) is 25.2 Å². The van der Waals surface area contributed by atoms with E-state index in [1.807, 2.05) is 43.3 Å². The van der Waals surface area contributed by atoms with Gasteiger partial charge in [-0.25, -0.2) is 4.98 Å². The number of rotatable bonds is 7. The van der Waals surface area contributed by atoms with Crippen molar-refractivity contribution < 1.29 is 13.9 Å². The van der Waals surface area contributed by atoms with Crippen LogP contribution in [-0.2, 0) is 22.5 Å². The molecule has 4 rings (SSSR count). The van der Waals surface area contributed by atoms with Gasteiger partial charge < -0.3 is 14.5 Å². The molecule has 156 valence electrons. The van der Waals surface area contributed by atoms with Gasteiger partial charge in [0.25, 0.3) is 0 Å². The van der Waals surface area contributed by atoms with Crippen molar-refractivity contribution in [3.8, 4) is 11.5 Å². The molecule has 0 spiro atoms. The van der Waals surface area contributed by atoms with Crippen molar-refractivity contribution in [2.75, 3.05) is 26.2 Å². The summed E-state index contributed by atoms with van der Waals surface area (Å²) in [4.78, 5) is 19.3. The number of morpholine rings is 1. The largest absolute Gasteiger partial charge is 0.441 e. The van der Waals surface area contributed by atoms with E-state index < -0.39 is 0 Å². The lowest BCUT2D eigenvalue weighted by Crippen LogP contribution is -2.47. The maximum absolute atomic E-state index is 12.5. The van der Waals surface area contributed by atoms with Gasteiger partial charge in [0.15, 0.2) is 0 Å². The number of carbonyl (C=O) groups is 1. The van der Waals surface area contributed by atoms with Crippen LogP contribution in [-0.4, -0.2) is 48.1 Å². The van der Waals surface area contributed by atoms with Crippen LogP contribution in [0.4, 0.5) is 0 Å². The summed E-state index contributed by atoms with van der Waals surface area (Å²) in [5.41, 5.74) is 2.86. The summed E-state index contributed by atoms with van der Waals surface area (Å²) in [5.74, 6) is 1.14. The molecular formula is C24H27N3O3. The first-order valence-electron chi connectivity index (χ1n) is 10.3. The average Bonchev–Trinajstić information content (AvgIpc) is 3.14. The Hall–Kier alpha value is -2.96.